The Morgan fingerprint density at radius 3 is 2.84 bits per heavy atom. The van der Waals surface area contributed by atoms with Crippen molar-refractivity contribution in [3.8, 4) is 17.4 Å². The van der Waals surface area contributed by atoms with E-state index < -0.39 is 4.92 Å². The van der Waals surface area contributed by atoms with Gasteiger partial charge in [-0.15, -0.1) is 0 Å². The first-order valence-corrected chi connectivity index (χ1v) is 7.54. The standard InChI is InChI=1S/C15H15N5O4S/c1-2-23-13-7-10(8-18-19-15(16)25)3-5-12(13)24-14-6-4-11(9-17-14)20(21)22/h3-9H,2H2,1H3,(H3,16,19,25)/b18-8-. The molecule has 9 nitrogen and oxygen atoms in total. The fraction of sp³-hybridized carbons (Fsp3) is 0.133. The number of nitro groups is 1. The van der Waals surface area contributed by atoms with Crippen LogP contribution in [0.2, 0.25) is 0 Å². The van der Waals surface area contributed by atoms with Crippen molar-refractivity contribution >= 4 is 29.2 Å². The average Bonchev–Trinajstić information content (AvgIpc) is 2.57. The fourth-order valence-electron chi connectivity index (χ4n) is 1.78. The van der Waals surface area contributed by atoms with Crippen molar-refractivity contribution in [3.05, 3.63) is 52.2 Å². The molecule has 0 spiro atoms. The van der Waals surface area contributed by atoms with E-state index >= 15 is 0 Å². The number of benzene rings is 1. The van der Waals surface area contributed by atoms with Crippen LogP contribution in [-0.4, -0.2) is 27.8 Å². The minimum Gasteiger partial charge on any atom is -0.490 e. The largest absolute Gasteiger partial charge is 0.490 e. The van der Waals surface area contributed by atoms with Crippen molar-refractivity contribution in [2.24, 2.45) is 10.8 Å². The van der Waals surface area contributed by atoms with Gasteiger partial charge in [0.1, 0.15) is 6.20 Å². The van der Waals surface area contributed by atoms with Crippen LogP contribution in [-0.2, 0) is 0 Å². The summed E-state index contributed by atoms with van der Waals surface area (Å²) in [6, 6.07) is 7.86. The normalized spacial score (nSPS) is 10.4. The quantitative estimate of drug-likeness (QED) is 0.333. The summed E-state index contributed by atoms with van der Waals surface area (Å²) in [6.45, 7) is 2.26. The number of nitrogens with one attached hydrogen (secondary N) is 1. The highest BCUT2D eigenvalue weighted by atomic mass is 32.1. The Morgan fingerprint density at radius 2 is 2.24 bits per heavy atom. The van der Waals surface area contributed by atoms with Crippen LogP contribution in [0.5, 0.6) is 17.4 Å². The minimum absolute atomic E-state index is 0.0606. The van der Waals surface area contributed by atoms with E-state index in [0.29, 0.717) is 18.1 Å². The molecular formula is C15H15N5O4S. The number of hydrogen-bond acceptors (Lipinski definition) is 7. The lowest BCUT2D eigenvalue weighted by molar-refractivity contribution is -0.385. The van der Waals surface area contributed by atoms with Crippen molar-refractivity contribution < 1.29 is 14.4 Å². The second-order valence-corrected chi connectivity index (χ2v) is 5.03. The molecule has 2 rings (SSSR count). The Kier molecular flexibility index (Phi) is 6.18. The number of pyridine rings is 1. The highest BCUT2D eigenvalue weighted by Gasteiger charge is 2.10. The molecule has 25 heavy (non-hydrogen) atoms. The minimum atomic E-state index is -0.530. The molecule has 0 fully saturated rings. The highest BCUT2D eigenvalue weighted by molar-refractivity contribution is 7.80. The second-order valence-electron chi connectivity index (χ2n) is 4.59. The maximum Gasteiger partial charge on any atom is 0.287 e. The fourth-order valence-corrected chi connectivity index (χ4v) is 1.83. The van der Waals surface area contributed by atoms with Gasteiger partial charge in [-0.05, 0) is 42.9 Å². The van der Waals surface area contributed by atoms with Gasteiger partial charge in [0, 0.05) is 12.1 Å². The molecule has 10 heteroatoms. The van der Waals surface area contributed by atoms with Crippen molar-refractivity contribution in [2.75, 3.05) is 6.61 Å². The van der Waals surface area contributed by atoms with E-state index in [0.717, 1.165) is 11.8 Å². The van der Waals surface area contributed by atoms with E-state index in [2.05, 4.69) is 27.7 Å². The first-order chi connectivity index (χ1) is 12.0. The maximum atomic E-state index is 10.6. The zero-order chi connectivity index (χ0) is 18.2. The van der Waals surface area contributed by atoms with E-state index in [1.165, 1.54) is 18.3 Å². The molecule has 2 aromatic rings. The van der Waals surface area contributed by atoms with Gasteiger partial charge in [-0.3, -0.25) is 15.5 Å². The van der Waals surface area contributed by atoms with E-state index in [-0.39, 0.29) is 16.7 Å². The summed E-state index contributed by atoms with van der Waals surface area (Å²) in [4.78, 5) is 14.0. The van der Waals surface area contributed by atoms with Crippen LogP contribution in [0.4, 0.5) is 5.69 Å². The van der Waals surface area contributed by atoms with Gasteiger partial charge in [-0.2, -0.15) is 5.10 Å². The SMILES string of the molecule is CCOc1cc(/C=N\NC(N)=S)ccc1Oc1ccc([N+](=O)[O-])cn1. The van der Waals surface area contributed by atoms with Crippen LogP contribution in [0, 0.1) is 10.1 Å². The summed E-state index contributed by atoms with van der Waals surface area (Å²) in [7, 11) is 0. The van der Waals surface area contributed by atoms with Crippen LogP contribution < -0.4 is 20.6 Å². The van der Waals surface area contributed by atoms with Crippen molar-refractivity contribution in [1.82, 2.24) is 10.4 Å². The van der Waals surface area contributed by atoms with Gasteiger partial charge in [0.25, 0.3) is 5.69 Å². The summed E-state index contributed by atoms with van der Waals surface area (Å²) in [6.07, 6.45) is 2.65. The van der Waals surface area contributed by atoms with Gasteiger partial charge in [-0.1, -0.05) is 0 Å². The van der Waals surface area contributed by atoms with Crippen LogP contribution in [0.3, 0.4) is 0 Å². The molecule has 0 atom stereocenters. The van der Waals surface area contributed by atoms with Crippen LogP contribution in [0.15, 0.2) is 41.6 Å². The molecule has 0 aliphatic carbocycles. The van der Waals surface area contributed by atoms with E-state index in [1.54, 1.807) is 18.2 Å². The zero-order valence-electron chi connectivity index (χ0n) is 13.2. The number of hydrazone groups is 1. The van der Waals surface area contributed by atoms with Gasteiger partial charge >= 0.3 is 0 Å². The molecule has 1 aromatic carbocycles. The Labute approximate surface area is 148 Å². The predicted octanol–water partition coefficient (Wildman–Crippen LogP) is 2.35. The number of hydrogen-bond donors (Lipinski definition) is 2. The summed E-state index contributed by atoms with van der Waals surface area (Å²) in [5, 5.41) is 14.6. The van der Waals surface area contributed by atoms with Crippen LogP contribution >= 0.6 is 12.2 Å². The Morgan fingerprint density at radius 1 is 1.44 bits per heavy atom. The molecule has 0 amide bonds. The van der Waals surface area contributed by atoms with E-state index in [9.17, 15) is 10.1 Å². The molecule has 0 aliphatic heterocycles. The first kappa shape index (κ1) is 18.1. The molecular weight excluding hydrogens is 346 g/mol. The third-order valence-corrected chi connectivity index (χ3v) is 2.89. The highest BCUT2D eigenvalue weighted by Crippen LogP contribution is 2.32. The predicted molar refractivity (Wildman–Crippen MR) is 96.1 cm³/mol. The smallest absolute Gasteiger partial charge is 0.287 e. The number of thiocarbonyl (C=S) groups is 1. The molecule has 3 N–H and O–H groups in total. The summed E-state index contributed by atoms with van der Waals surface area (Å²) in [5.74, 6) is 1.10. The molecule has 0 radical (unpaired) electrons. The van der Waals surface area contributed by atoms with Crippen molar-refractivity contribution in [1.29, 1.82) is 0 Å². The van der Waals surface area contributed by atoms with Crippen LogP contribution in [0.1, 0.15) is 12.5 Å². The number of aromatic nitrogens is 1. The average molecular weight is 361 g/mol. The number of ether oxygens (including phenoxy) is 2. The van der Waals surface area contributed by atoms with Crippen molar-refractivity contribution in [2.45, 2.75) is 6.92 Å². The Bertz CT molecular complexity index is 795. The monoisotopic (exact) mass is 361 g/mol. The molecule has 0 aliphatic rings. The Balaban J connectivity index is 2.20. The van der Waals surface area contributed by atoms with Gasteiger partial charge in [0.15, 0.2) is 16.6 Å². The topological polar surface area (TPSA) is 125 Å². The summed E-state index contributed by atoms with van der Waals surface area (Å²) >= 11 is 4.66. The number of rotatable bonds is 7. The maximum absolute atomic E-state index is 10.6. The molecule has 0 bridgehead atoms. The molecule has 0 saturated carbocycles. The van der Waals surface area contributed by atoms with Crippen molar-refractivity contribution in [3.63, 3.8) is 0 Å². The Hall–Kier alpha value is -3.27. The lowest BCUT2D eigenvalue weighted by Gasteiger charge is -2.11. The molecule has 0 saturated heterocycles. The molecule has 1 aromatic heterocycles. The third-order valence-electron chi connectivity index (χ3n) is 2.80. The summed E-state index contributed by atoms with van der Waals surface area (Å²) < 4.78 is 11.2. The summed E-state index contributed by atoms with van der Waals surface area (Å²) in [5.41, 5.74) is 8.36. The van der Waals surface area contributed by atoms with Gasteiger partial charge < -0.3 is 15.2 Å². The first-order valence-electron chi connectivity index (χ1n) is 7.13. The van der Waals surface area contributed by atoms with Gasteiger partial charge in [0.2, 0.25) is 5.88 Å². The lowest BCUT2D eigenvalue weighted by atomic mass is 10.2. The second kappa shape index (κ2) is 8.55. The number of nitrogens with two attached hydrogens (primary N) is 1. The number of nitrogens with zero attached hydrogens (tertiary/aromatic N) is 3. The van der Waals surface area contributed by atoms with Gasteiger partial charge in [-0.25, -0.2) is 4.98 Å². The third kappa shape index (κ3) is 5.39. The van der Waals surface area contributed by atoms with Gasteiger partial charge in [0.05, 0.1) is 17.7 Å². The molecule has 1 heterocycles. The molecule has 0 unspecified atom stereocenters. The van der Waals surface area contributed by atoms with Crippen LogP contribution in [0.25, 0.3) is 0 Å². The van der Waals surface area contributed by atoms with E-state index in [1.807, 2.05) is 6.92 Å². The lowest BCUT2D eigenvalue weighted by Crippen LogP contribution is -2.23. The zero-order valence-corrected chi connectivity index (χ0v) is 14.0. The van der Waals surface area contributed by atoms with E-state index in [4.69, 9.17) is 15.2 Å². The molecule has 130 valence electrons.